The number of hydrogen-bond acceptors (Lipinski definition) is 9. The topological polar surface area (TPSA) is 174 Å². The quantitative estimate of drug-likeness (QED) is 0.328. The number of nitrogens with one attached hydrogen (secondary N) is 2. The minimum Gasteiger partial charge on any atom is -0.379 e. The van der Waals surface area contributed by atoms with Gasteiger partial charge in [0, 0.05) is 36.6 Å². The molecule has 1 aliphatic rings. The summed E-state index contributed by atoms with van der Waals surface area (Å²) in [5, 5.41) is 28.6. The maximum Gasteiger partial charge on any atom is 0.300 e. The molecule has 0 radical (unpaired) electrons. The van der Waals surface area contributed by atoms with Crippen LogP contribution in [0.25, 0.3) is 0 Å². The van der Waals surface area contributed by atoms with Gasteiger partial charge in [0.1, 0.15) is 0 Å². The van der Waals surface area contributed by atoms with Crippen LogP contribution >= 0.6 is 0 Å². The SMILES string of the molecule is O=C(Nc1ccc(S(=O)(=O)N2CCOCC2)cc1)c1cc([N+](=O)[O-])c(Nc2ccccc2)c([N+](=O)[O-])c1. The molecule has 4 rings (SSSR count). The van der Waals surface area contributed by atoms with Gasteiger partial charge in [0.2, 0.25) is 10.0 Å². The number of sulfonamides is 1. The molecule has 13 nitrogen and oxygen atoms in total. The van der Waals surface area contributed by atoms with Crippen LogP contribution in [0.4, 0.5) is 28.4 Å². The van der Waals surface area contributed by atoms with Crippen LogP contribution in [-0.2, 0) is 14.8 Å². The molecule has 1 amide bonds. The van der Waals surface area contributed by atoms with E-state index >= 15 is 0 Å². The maximum atomic E-state index is 12.8. The van der Waals surface area contributed by atoms with Gasteiger partial charge in [-0.3, -0.25) is 25.0 Å². The summed E-state index contributed by atoms with van der Waals surface area (Å²) in [5.41, 5.74) is -1.41. The van der Waals surface area contributed by atoms with Crippen molar-refractivity contribution in [1.29, 1.82) is 0 Å². The van der Waals surface area contributed by atoms with Gasteiger partial charge in [-0.1, -0.05) is 18.2 Å². The van der Waals surface area contributed by atoms with Gasteiger partial charge in [0.15, 0.2) is 5.69 Å². The summed E-state index contributed by atoms with van der Waals surface area (Å²) in [4.78, 5) is 34.7. The molecule has 14 heteroatoms. The van der Waals surface area contributed by atoms with E-state index < -0.39 is 37.2 Å². The second kappa shape index (κ2) is 10.7. The lowest BCUT2D eigenvalue weighted by atomic mass is 10.1. The predicted molar refractivity (Wildman–Crippen MR) is 133 cm³/mol. The van der Waals surface area contributed by atoms with Gasteiger partial charge in [0.05, 0.1) is 33.5 Å². The van der Waals surface area contributed by atoms with Crippen LogP contribution < -0.4 is 10.6 Å². The zero-order valence-electron chi connectivity index (χ0n) is 19.2. The van der Waals surface area contributed by atoms with Gasteiger partial charge < -0.3 is 15.4 Å². The summed E-state index contributed by atoms with van der Waals surface area (Å²) in [6, 6.07) is 15.4. The van der Waals surface area contributed by atoms with Crippen molar-refractivity contribution >= 4 is 44.4 Å². The third kappa shape index (κ3) is 5.72. The summed E-state index contributed by atoms with van der Waals surface area (Å²) < 4.78 is 32.0. The monoisotopic (exact) mass is 527 g/mol. The Hall–Kier alpha value is -4.40. The van der Waals surface area contributed by atoms with Crippen molar-refractivity contribution in [2.75, 3.05) is 36.9 Å². The van der Waals surface area contributed by atoms with E-state index in [4.69, 9.17) is 4.74 Å². The molecule has 0 aliphatic carbocycles. The highest BCUT2D eigenvalue weighted by Gasteiger charge is 2.29. The first kappa shape index (κ1) is 25.7. The minimum atomic E-state index is -3.74. The molecule has 37 heavy (non-hydrogen) atoms. The summed E-state index contributed by atoms with van der Waals surface area (Å²) >= 11 is 0. The number of benzene rings is 3. The zero-order chi connectivity index (χ0) is 26.6. The number of nitro benzene ring substituents is 2. The fourth-order valence-corrected chi connectivity index (χ4v) is 5.08. The fourth-order valence-electron chi connectivity index (χ4n) is 3.67. The molecule has 1 fully saturated rings. The van der Waals surface area contributed by atoms with Crippen LogP contribution in [0.5, 0.6) is 0 Å². The highest BCUT2D eigenvalue weighted by molar-refractivity contribution is 7.89. The molecule has 3 aromatic rings. The van der Waals surface area contributed by atoms with Gasteiger partial charge in [-0.05, 0) is 36.4 Å². The molecule has 0 aromatic heterocycles. The summed E-state index contributed by atoms with van der Waals surface area (Å²) in [5.74, 6) is -0.846. The van der Waals surface area contributed by atoms with Crippen LogP contribution in [-0.4, -0.2) is 54.8 Å². The van der Waals surface area contributed by atoms with Crippen molar-refractivity contribution in [2.24, 2.45) is 0 Å². The molecular formula is C23H21N5O8S. The van der Waals surface area contributed by atoms with Crippen molar-refractivity contribution < 1.29 is 27.8 Å². The molecule has 0 unspecified atom stereocenters. The fraction of sp³-hybridized carbons (Fsp3) is 0.174. The number of rotatable bonds is 8. The molecule has 1 saturated heterocycles. The Kier molecular flexibility index (Phi) is 7.42. The number of ether oxygens (including phenoxy) is 1. The second-order valence-corrected chi connectivity index (χ2v) is 9.83. The molecule has 0 spiro atoms. The Labute approximate surface area is 211 Å². The van der Waals surface area contributed by atoms with E-state index in [0.717, 1.165) is 12.1 Å². The number of hydrogen-bond donors (Lipinski definition) is 2. The van der Waals surface area contributed by atoms with Crippen LogP contribution in [0.3, 0.4) is 0 Å². The van der Waals surface area contributed by atoms with Crippen LogP contribution in [0.2, 0.25) is 0 Å². The van der Waals surface area contributed by atoms with Crippen molar-refractivity contribution in [1.82, 2.24) is 4.31 Å². The van der Waals surface area contributed by atoms with E-state index in [-0.39, 0.29) is 34.9 Å². The second-order valence-electron chi connectivity index (χ2n) is 7.89. The lowest BCUT2D eigenvalue weighted by Crippen LogP contribution is -2.40. The third-order valence-corrected chi connectivity index (χ3v) is 7.43. The summed E-state index contributed by atoms with van der Waals surface area (Å²) in [7, 11) is -3.74. The number of para-hydroxylation sites is 1. The number of nitro groups is 2. The first-order valence-electron chi connectivity index (χ1n) is 10.9. The Morgan fingerprint density at radius 2 is 1.43 bits per heavy atom. The summed E-state index contributed by atoms with van der Waals surface area (Å²) in [6.07, 6.45) is 0. The Morgan fingerprint density at radius 3 is 1.97 bits per heavy atom. The van der Waals surface area contributed by atoms with Gasteiger partial charge >= 0.3 is 11.4 Å². The standard InChI is InChI=1S/C23H21N5O8S/c29-23(25-18-6-8-19(9-7-18)37(34,35)26-10-12-36-13-11-26)16-14-20(27(30)31)22(21(15-16)28(32)33)24-17-4-2-1-3-5-17/h1-9,14-15,24H,10-13H2,(H,25,29). The van der Waals surface area contributed by atoms with Crippen molar-refractivity contribution in [2.45, 2.75) is 4.90 Å². The average molecular weight is 528 g/mol. The van der Waals surface area contributed by atoms with E-state index in [0.29, 0.717) is 18.9 Å². The Bertz CT molecular complexity index is 1400. The third-order valence-electron chi connectivity index (χ3n) is 5.52. The highest BCUT2D eigenvalue weighted by Crippen LogP contribution is 2.38. The Balaban J connectivity index is 1.59. The molecule has 2 N–H and O–H groups in total. The predicted octanol–water partition coefficient (Wildman–Crippen LogP) is 3.52. The zero-order valence-corrected chi connectivity index (χ0v) is 20.0. The first-order valence-corrected chi connectivity index (χ1v) is 12.4. The largest absolute Gasteiger partial charge is 0.379 e. The average Bonchev–Trinajstić information content (AvgIpc) is 2.89. The van der Waals surface area contributed by atoms with Crippen molar-refractivity contribution in [3.8, 4) is 0 Å². The number of morpholine rings is 1. The molecular weight excluding hydrogens is 506 g/mol. The van der Waals surface area contributed by atoms with E-state index in [1.165, 1.54) is 28.6 Å². The number of amides is 1. The number of anilines is 3. The molecule has 1 heterocycles. The lowest BCUT2D eigenvalue weighted by Gasteiger charge is -2.26. The Morgan fingerprint density at radius 1 is 0.865 bits per heavy atom. The van der Waals surface area contributed by atoms with Gasteiger partial charge in [0.25, 0.3) is 5.91 Å². The lowest BCUT2D eigenvalue weighted by molar-refractivity contribution is -0.392. The van der Waals surface area contributed by atoms with Crippen molar-refractivity contribution in [3.05, 3.63) is 92.5 Å². The first-order chi connectivity index (χ1) is 17.7. The number of nitrogens with zero attached hydrogens (tertiary/aromatic N) is 3. The number of carbonyl (C=O) groups excluding carboxylic acids is 1. The normalized spacial score (nSPS) is 14.1. The van der Waals surface area contributed by atoms with Crippen molar-refractivity contribution in [3.63, 3.8) is 0 Å². The van der Waals surface area contributed by atoms with Crippen LogP contribution in [0.1, 0.15) is 10.4 Å². The molecule has 1 aliphatic heterocycles. The van der Waals surface area contributed by atoms with Crippen LogP contribution in [0.15, 0.2) is 71.6 Å². The van der Waals surface area contributed by atoms with E-state index in [9.17, 15) is 33.4 Å². The molecule has 192 valence electrons. The summed E-state index contributed by atoms with van der Waals surface area (Å²) in [6.45, 7) is 1.05. The van der Waals surface area contributed by atoms with Gasteiger partial charge in [-0.25, -0.2) is 8.42 Å². The maximum absolute atomic E-state index is 12.8. The molecule has 3 aromatic carbocycles. The van der Waals surface area contributed by atoms with E-state index in [2.05, 4.69) is 10.6 Å². The number of carbonyl (C=O) groups is 1. The molecule has 0 saturated carbocycles. The minimum absolute atomic E-state index is 0.0232. The highest BCUT2D eigenvalue weighted by atomic mass is 32.2. The van der Waals surface area contributed by atoms with Gasteiger partial charge in [-0.15, -0.1) is 0 Å². The molecule has 0 bridgehead atoms. The van der Waals surface area contributed by atoms with E-state index in [1.807, 2.05) is 0 Å². The smallest absolute Gasteiger partial charge is 0.300 e. The van der Waals surface area contributed by atoms with E-state index in [1.54, 1.807) is 30.3 Å². The van der Waals surface area contributed by atoms with Crippen LogP contribution in [0, 0.1) is 20.2 Å². The van der Waals surface area contributed by atoms with Gasteiger partial charge in [-0.2, -0.15) is 4.31 Å². The molecule has 0 atom stereocenters.